The molecule has 0 aromatic carbocycles. The fraction of sp³-hybridized carbons (Fsp3) is 0.840. The van der Waals surface area contributed by atoms with Gasteiger partial charge in [-0.1, -0.05) is 84.8 Å². The molecule has 0 amide bonds. The van der Waals surface area contributed by atoms with Crippen LogP contribution in [0.3, 0.4) is 0 Å². The van der Waals surface area contributed by atoms with Gasteiger partial charge in [-0.3, -0.25) is 0 Å². The highest BCUT2D eigenvalue weighted by molar-refractivity contribution is 4.82. The highest BCUT2D eigenvalue weighted by atomic mass is 14.3. The van der Waals surface area contributed by atoms with E-state index in [1.807, 2.05) is 0 Å². The first kappa shape index (κ1) is 22.5. The summed E-state index contributed by atoms with van der Waals surface area (Å²) in [6.07, 6.45) is 19.6. The molecule has 1 fully saturated rings. The van der Waals surface area contributed by atoms with E-state index in [9.17, 15) is 0 Å². The molecule has 1 aliphatic rings. The largest absolute Gasteiger partial charge is 0.103 e. The van der Waals surface area contributed by atoms with Gasteiger partial charge in [-0.05, 0) is 61.2 Å². The van der Waals surface area contributed by atoms with Crippen molar-refractivity contribution < 1.29 is 0 Å². The van der Waals surface area contributed by atoms with Gasteiger partial charge in [0, 0.05) is 0 Å². The third kappa shape index (κ3) is 8.61. The first-order valence-electron chi connectivity index (χ1n) is 11.2. The molecule has 0 heterocycles. The molecule has 6 atom stereocenters. The summed E-state index contributed by atoms with van der Waals surface area (Å²) in [5, 5.41) is 0. The molecular formula is C25H46. The smallest absolute Gasteiger partial charge is 0.0325 e. The molecule has 0 bridgehead atoms. The van der Waals surface area contributed by atoms with Gasteiger partial charge in [0.2, 0.25) is 0 Å². The quantitative estimate of drug-likeness (QED) is 0.189. The molecule has 0 spiro atoms. The van der Waals surface area contributed by atoms with E-state index in [0.29, 0.717) is 0 Å². The maximum absolute atomic E-state index is 3.94. The third-order valence-corrected chi connectivity index (χ3v) is 7.05. The molecule has 1 saturated carbocycles. The van der Waals surface area contributed by atoms with Crippen LogP contribution in [0.2, 0.25) is 0 Å². The summed E-state index contributed by atoms with van der Waals surface area (Å²) in [7, 11) is 0. The molecule has 0 aromatic rings. The Hall–Kier alpha value is -0.520. The second-order valence-corrected chi connectivity index (χ2v) is 9.31. The second kappa shape index (κ2) is 12.8. The molecule has 0 aromatic heterocycles. The van der Waals surface area contributed by atoms with Gasteiger partial charge in [-0.2, -0.15) is 0 Å². The van der Waals surface area contributed by atoms with Crippen molar-refractivity contribution in [3.05, 3.63) is 25.3 Å². The van der Waals surface area contributed by atoms with Crippen LogP contribution in [0.1, 0.15) is 98.3 Å². The Kier molecular flexibility index (Phi) is 11.5. The lowest BCUT2D eigenvalue weighted by molar-refractivity contribution is 0.189. The van der Waals surface area contributed by atoms with Crippen LogP contribution in [0.25, 0.3) is 0 Å². The Bertz CT molecular complexity index is 355. The van der Waals surface area contributed by atoms with Gasteiger partial charge in [0.15, 0.2) is 0 Å². The van der Waals surface area contributed by atoms with Crippen LogP contribution in [0.15, 0.2) is 25.3 Å². The summed E-state index contributed by atoms with van der Waals surface area (Å²) in [6, 6.07) is 0. The van der Waals surface area contributed by atoms with Crippen LogP contribution in [0, 0.1) is 35.5 Å². The van der Waals surface area contributed by atoms with Crippen molar-refractivity contribution in [2.75, 3.05) is 0 Å². The summed E-state index contributed by atoms with van der Waals surface area (Å²) in [6.45, 7) is 17.6. The van der Waals surface area contributed by atoms with Gasteiger partial charge in [0.05, 0.1) is 0 Å². The summed E-state index contributed by atoms with van der Waals surface area (Å²) >= 11 is 0. The third-order valence-electron chi connectivity index (χ3n) is 7.05. The van der Waals surface area contributed by atoms with Crippen molar-refractivity contribution in [2.24, 2.45) is 35.5 Å². The van der Waals surface area contributed by atoms with Crippen molar-refractivity contribution in [1.82, 2.24) is 0 Å². The monoisotopic (exact) mass is 346 g/mol. The zero-order valence-corrected chi connectivity index (χ0v) is 17.8. The van der Waals surface area contributed by atoms with E-state index < -0.39 is 0 Å². The van der Waals surface area contributed by atoms with E-state index in [-0.39, 0.29) is 0 Å². The SMILES string of the molecule is C=CCC(C)CC1CCCCC(C)C1CCCCC(C)C(C)CC=C. The van der Waals surface area contributed by atoms with Gasteiger partial charge in [-0.15, -0.1) is 13.2 Å². The Morgan fingerprint density at radius 2 is 1.60 bits per heavy atom. The first-order valence-corrected chi connectivity index (χ1v) is 11.2. The lowest BCUT2D eigenvalue weighted by Gasteiger charge is -2.32. The standard InChI is InChI=1S/C25H46/c1-7-13-20(3)19-24-17-11-9-16-23(6)25(24)18-12-10-15-22(5)21(4)14-8-2/h7-8,20-25H,1-2,9-19H2,3-6H3. The lowest BCUT2D eigenvalue weighted by atomic mass is 9.74. The normalized spacial score (nSPS) is 27.9. The fourth-order valence-corrected chi connectivity index (χ4v) is 5.10. The van der Waals surface area contributed by atoms with E-state index in [0.717, 1.165) is 35.5 Å². The van der Waals surface area contributed by atoms with Crippen molar-refractivity contribution in [1.29, 1.82) is 0 Å². The van der Waals surface area contributed by atoms with Gasteiger partial charge in [0.1, 0.15) is 0 Å². The maximum atomic E-state index is 3.94. The number of rotatable bonds is 12. The second-order valence-electron chi connectivity index (χ2n) is 9.31. The van der Waals surface area contributed by atoms with E-state index in [1.54, 1.807) is 0 Å². The van der Waals surface area contributed by atoms with Gasteiger partial charge in [0.25, 0.3) is 0 Å². The van der Waals surface area contributed by atoms with Crippen molar-refractivity contribution in [3.63, 3.8) is 0 Å². The number of allylic oxidation sites excluding steroid dienone is 2. The summed E-state index contributed by atoms with van der Waals surface area (Å²) < 4.78 is 0. The molecule has 6 unspecified atom stereocenters. The van der Waals surface area contributed by atoms with Crippen molar-refractivity contribution in [2.45, 2.75) is 98.3 Å². The fourth-order valence-electron chi connectivity index (χ4n) is 5.10. The molecule has 0 aliphatic heterocycles. The minimum atomic E-state index is 0.793. The van der Waals surface area contributed by atoms with E-state index in [4.69, 9.17) is 0 Å². The number of hydrogen-bond donors (Lipinski definition) is 0. The zero-order valence-electron chi connectivity index (χ0n) is 17.8. The number of hydrogen-bond acceptors (Lipinski definition) is 0. The molecule has 0 saturated heterocycles. The van der Waals surface area contributed by atoms with Crippen LogP contribution in [0.4, 0.5) is 0 Å². The van der Waals surface area contributed by atoms with Gasteiger partial charge < -0.3 is 0 Å². The molecule has 0 N–H and O–H groups in total. The molecule has 146 valence electrons. The zero-order chi connectivity index (χ0) is 18.7. The Labute approximate surface area is 159 Å². The average Bonchev–Trinajstić information content (AvgIpc) is 2.74. The first-order chi connectivity index (χ1) is 12.0. The van der Waals surface area contributed by atoms with E-state index in [2.05, 4.69) is 53.0 Å². The van der Waals surface area contributed by atoms with Crippen molar-refractivity contribution >= 4 is 0 Å². The van der Waals surface area contributed by atoms with Gasteiger partial charge >= 0.3 is 0 Å². The highest BCUT2D eigenvalue weighted by Crippen LogP contribution is 2.40. The minimum Gasteiger partial charge on any atom is -0.103 e. The Morgan fingerprint density at radius 3 is 2.28 bits per heavy atom. The molecule has 0 nitrogen and oxygen atoms in total. The van der Waals surface area contributed by atoms with E-state index >= 15 is 0 Å². The van der Waals surface area contributed by atoms with Crippen LogP contribution in [0.5, 0.6) is 0 Å². The highest BCUT2D eigenvalue weighted by Gasteiger charge is 2.29. The minimum absolute atomic E-state index is 0.793. The number of unbranched alkanes of at least 4 members (excludes halogenated alkanes) is 1. The Morgan fingerprint density at radius 1 is 0.920 bits per heavy atom. The topological polar surface area (TPSA) is 0 Å². The lowest BCUT2D eigenvalue weighted by Crippen LogP contribution is -2.22. The van der Waals surface area contributed by atoms with Crippen LogP contribution < -0.4 is 0 Å². The summed E-state index contributed by atoms with van der Waals surface area (Å²) in [4.78, 5) is 0. The summed E-state index contributed by atoms with van der Waals surface area (Å²) in [5.74, 6) is 5.31. The molecular weight excluding hydrogens is 300 g/mol. The molecule has 1 rings (SSSR count). The van der Waals surface area contributed by atoms with Crippen LogP contribution >= 0.6 is 0 Å². The average molecular weight is 347 g/mol. The Balaban J connectivity index is 2.46. The van der Waals surface area contributed by atoms with Crippen LogP contribution in [-0.4, -0.2) is 0 Å². The van der Waals surface area contributed by atoms with Gasteiger partial charge in [-0.25, -0.2) is 0 Å². The van der Waals surface area contributed by atoms with Crippen molar-refractivity contribution in [3.8, 4) is 0 Å². The summed E-state index contributed by atoms with van der Waals surface area (Å²) in [5.41, 5.74) is 0. The predicted octanol–water partition coefficient (Wildman–Crippen LogP) is 8.44. The molecule has 0 heteroatoms. The van der Waals surface area contributed by atoms with Crippen LogP contribution in [-0.2, 0) is 0 Å². The predicted molar refractivity (Wildman–Crippen MR) is 115 cm³/mol. The maximum Gasteiger partial charge on any atom is -0.0325 e. The van der Waals surface area contributed by atoms with E-state index in [1.165, 1.54) is 70.6 Å². The molecule has 25 heavy (non-hydrogen) atoms. The molecule has 0 radical (unpaired) electrons. The molecule has 1 aliphatic carbocycles.